The number of nitrogens with one attached hydrogen (secondary N) is 1. The first-order chi connectivity index (χ1) is 19.3. The average molecular weight is 639 g/mol. The highest BCUT2D eigenvalue weighted by Gasteiger charge is 2.52. The van der Waals surface area contributed by atoms with Gasteiger partial charge in [-0.3, -0.25) is 10.1 Å². The molecule has 0 bridgehead atoms. The third kappa shape index (κ3) is 6.87. The number of hydrogen-bond acceptors (Lipinski definition) is 3. The molecule has 2 fully saturated rings. The van der Waals surface area contributed by atoms with Crippen LogP contribution >= 0.6 is 12.4 Å². The first kappa shape index (κ1) is 34.4. The van der Waals surface area contributed by atoms with Crippen molar-refractivity contribution >= 4 is 24.3 Å². The van der Waals surface area contributed by atoms with E-state index in [1.54, 1.807) is 19.9 Å². The fraction of sp³-hybridized carbons (Fsp3) is 0.517. The van der Waals surface area contributed by atoms with Crippen LogP contribution in [0.15, 0.2) is 36.4 Å². The molecule has 238 valence electrons. The first-order valence-electron chi connectivity index (χ1n) is 13.4. The number of carbonyl (C=O) groups excluding carboxylic acids is 2. The molecule has 4 atom stereocenters. The number of piperidine rings is 1. The van der Waals surface area contributed by atoms with Crippen LogP contribution in [0.3, 0.4) is 0 Å². The molecule has 6 nitrogen and oxygen atoms in total. The molecular formula is C29H34ClF7N4O2. The van der Waals surface area contributed by atoms with Gasteiger partial charge in [0.05, 0.1) is 28.7 Å². The van der Waals surface area contributed by atoms with Crippen LogP contribution in [0.4, 0.5) is 35.5 Å². The number of primary amides is 1. The maximum absolute atomic E-state index is 14.0. The van der Waals surface area contributed by atoms with E-state index in [2.05, 4.69) is 5.32 Å². The maximum atomic E-state index is 14.0. The van der Waals surface area contributed by atoms with Gasteiger partial charge in [-0.1, -0.05) is 6.07 Å². The molecule has 2 aromatic rings. The Balaban J connectivity index is 0.00000506. The lowest BCUT2D eigenvalue weighted by Gasteiger charge is -2.48. The maximum Gasteiger partial charge on any atom is 0.416 e. The molecule has 0 saturated carbocycles. The molecule has 1 spiro atoms. The van der Waals surface area contributed by atoms with Crippen LogP contribution in [0.25, 0.3) is 0 Å². The van der Waals surface area contributed by atoms with E-state index in [1.807, 2.05) is 0 Å². The number of nitrogens with two attached hydrogens (primary N) is 1. The molecule has 4 rings (SSSR count). The Kier molecular flexibility index (Phi) is 9.44. The summed E-state index contributed by atoms with van der Waals surface area (Å²) in [6, 6.07) is 3.01. The van der Waals surface area contributed by atoms with Crippen LogP contribution in [-0.2, 0) is 17.1 Å². The summed E-state index contributed by atoms with van der Waals surface area (Å²) < 4.78 is 94.9. The number of carbonyl (C=O) groups is 2. The topological polar surface area (TPSA) is 78.7 Å². The highest BCUT2D eigenvalue weighted by atomic mass is 35.5. The number of rotatable bonds is 4. The highest BCUT2D eigenvalue weighted by Crippen LogP contribution is 2.46. The fourth-order valence-electron chi connectivity index (χ4n) is 6.13. The van der Waals surface area contributed by atoms with E-state index in [1.165, 1.54) is 31.0 Å². The number of amides is 3. The van der Waals surface area contributed by atoms with Crippen molar-refractivity contribution < 1.29 is 40.3 Å². The molecule has 2 heterocycles. The van der Waals surface area contributed by atoms with Gasteiger partial charge in [-0.2, -0.15) is 26.3 Å². The number of hydrogen-bond donors (Lipinski definition) is 2. The van der Waals surface area contributed by atoms with Gasteiger partial charge in [0.15, 0.2) is 0 Å². The van der Waals surface area contributed by atoms with Gasteiger partial charge in [-0.25, -0.2) is 9.18 Å². The number of nitrogens with zero attached hydrogens (tertiary/aromatic N) is 2. The van der Waals surface area contributed by atoms with Crippen molar-refractivity contribution in [3.63, 3.8) is 0 Å². The second kappa shape index (κ2) is 11.8. The lowest BCUT2D eigenvalue weighted by molar-refractivity contribution is -0.143. The lowest BCUT2D eigenvalue weighted by Crippen LogP contribution is -2.60. The van der Waals surface area contributed by atoms with E-state index >= 15 is 0 Å². The van der Waals surface area contributed by atoms with E-state index in [4.69, 9.17) is 5.73 Å². The zero-order chi connectivity index (χ0) is 31.4. The van der Waals surface area contributed by atoms with Crippen LogP contribution in [-0.4, -0.2) is 46.4 Å². The Labute approximate surface area is 251 Å². The van der Waals surface area contributed by atoms with Crippen molar-refractivity contribution in [1.82, 2.24) is 15.1 Å². The molecule has 43 heavy (non-hydrogen) atoms. The summed E-state index contributed by atoms with van der Waals surface area (Å²) in [6.45, 7) is 4.91. The largest absolute Gasteiger partial charge is 0.416 e. The minimum atomic E-state index is -5.03. The number of likely N-dealkylation sites (tertiary alicyclic amines) is 1. The first-order valence-corrected chi connectivity index (χ1v) is 13.4. The van der Waals surface area contributed by atoms with Crippen LogP contribution < -0.4 is 11.1 Å². The molecule has 2 saturated heterocycles. The number of aryl methyl sites for hydroxylation is 1. The van der Waals surface area contributed by atoms with Gasteiger partial charge < -0.3 is 15.5 Å². The number of halogens is 8. The second-order valence-corrected chi connectivity index (χ2v) is 11.7. The Morgan fingerprint density at radius 1 is 1.02 bits per heavy atom. The highest BCUT2D eigenvalue weighted by molar-refractivity contribution is 5.85. The van der Waals surface area contributed by atoms with Gasteiger partial charge in [0.1, 0.15) is 5.82 Å². The van der Waals surface area contributed by atoms with E-state index in [9.17, 15) is 40.3 Å². The Bertz CT molecular complexity index is 1350. The molecule has 2 aliphatic heterocycles. The summed E-state index contributed by atoms with van der Waals surface area (Å²) in [5.74, 6) is -0.990. The Morgan fingerprint density at radius 3 is 2.09 bits per heavy atom. The molecule has 0 radical (unpaired) electrons. The van der Waals surface area contributed by atoms with Crippen LogP contribution in [0, 0.1) is 12.7 Å². The molecule has 2 aromatic carbocycles. The summed E-state index contributed by atoms with van der Waals surface area (Å²) in [7, 11) is 1.32. The Morgan fingerprint density at radius 2 is 1.60 bits per heavy atom. The van der Waals surface area contributed by atoms with Gasteiger partial charge in [0.2, 0.25) is 5.91 Å². The zero-order valence-electron chi connectivity index (χ0n) is 24.0. The van der Waals surface area contributed by atoms with E-state index < -0.39 is 64.4 Å². The minimum Gasteiger partial charge on any atom is -0.368 e. The van der Waals surface area contributed by atoms with Crippen LogP contribution in [0.2, 0.25) is 0 Å². The van der Waals surface area contributed by atoms with Crippen molar-refractivity contribution in [2.75, 3.05) is 13.6 Å². The normalized spacial score (nSPS) is 24.9. The number of benzene rings is 2. The summed E-state index contributed by atoms with van der Waals surface area (Å²) >= 11 is 0. The number of urea groups is 1. The predicted octanol–water partition coefficient (Wildman–Crippen LogP) is 6.91. The van der Waals surface area contributed by atoms with Crippen molar-refractivity contribution in [3.05, 3.63) is 70.0 Å². The standard InChI is InChI=1S/C29H33F7N4O2.ClH/c1-16-11-21(30)5-6-22(16)23-15-27(8-7-26(3,38-27)24(37)41)9-10-40(23)25(42)39(4)17(2)18-12-19(28(31,32)33)14-20(13-18)29(34,35)36;/h5-6,11-14,17,23,38H,7-10,15H2,1-4H3,(H2,37,41);1H/t17-,23-,26+,27+;/m1./s1. The second-order valence-electron chi connectivity index (χ2n) is 11.7. The van der Waals surface area contributed by atoms with Crippen molar-refractivity contribution in [3.8, 4) is 0 Å². The number of alkyl halides is 6. The zero-order valence-corrected chi connectivity index (χ0v) is 24.8. The van der Waals surface area contributed by atoms with Gasteiger partial charge >= 0.3 is 18.4 Å². The smallest absolute Gasteiger partial charge is 0.368 e. The molecular weight excluding hydrogens is 605 g/mol. The van der Waals surface area contributed by atoms with Gasteiger partial charge in [0.25, 0.3) is 0 Å². The predicted molar refractivity (Wildman–Crippen MR) is 148 cm³/mol. The molecule has 0 aliphatic carbocycles. The molecule has 0 unspecified atom stereocenters. The molecule has 3 amide bonds. The Hall–Kier alpha value is -3.06. The molecule has 14 heteroatoms. The fourth-order valence-corrected chi connectivity index (χ4v) is 6.13. The van der Waals surface area contributed by atoms with E-state index in [0.29, 0.717) is 48.9 Å². The third-order valence-electron chi connectivity index (χ3n) is 8.79. The summed E-state index contributed by atoms with van der Waals surface area (Å²) in [4.78, 5) is 28.7. The van der Waals surface area contributed by atoms with Gasteiger partial charge in [-0.15, -0.1) is 12.4 Å². The van der Waals surface area contributed by atoms with E-state index in [0.717, 1.165) is 4.90 Å². The SMILES string of the molecule is Cc1cc(F)ccc1[C@H]1C[C@@]2(CCN1C(=O)N(C)[C@H](C)c1cc(C(F)(F)F)cc(C(F)(F)F)c1)CC[C@@](C)(C(N)=O)N2.Cl. The monoisotopic (exact) mass is 638 g/mol. The summed E-state index contributed by atoms with van der Waals surface area (Å²) in [6.07, 6.45) is -8.25. The van der Waals surface area contributed by atoms with Gasteiger partial charge in [-0.05, 0) is 93.5 Å². The van der Waals surface area contributed by atoms with Gasteiger partial charge in [0, 0.05) is 19.1 Å². The third-order valence-corrected chi connectivity index (χ3v) is 8.79. The minimum absolute atomic E-state index is 0. The quantitative estimate of drug-likeness (QED) is 0.357. The lowest BCUT2D eigenvalue weighted by atomic mass is 9.79. The summed E-state index contributed by atoms with van der Waals surface area (Å²) in [5, 5.41) is 3.38. The molecule has 3 N–H and O–H groups in total. The van der Waals surface area contributed by atoms with Crippen LogP contribution in [0.5, 0.6) is 0 Å². The van der Waals surface area contributed by atoms with Crippen molar-refractivity contribution in [1.29, 1.82) is 0 Å². The summed E-state index contributed by atoms with van der Waals surface area (Å²) in [5.41, 5.74) is 2.04. The molecule has 0 aromatic heterocycles. The van der Waals surface area contributed by atoms with Crippen molar-refractivity contribution in [2.24, 2.45) is 5.73 Å². The van der Waals surface area contributed by atoms with Crippen LogP contribution in [0.1, 0.15) is 79.4 Å². The van der Waals surface area contributed by atoms with E-state index in [-0.39, 0.29) is 30.6 Å². The molecule has 2 aliphatic rings. The average Bonchev–Trinajstić information content (AvgIpc) is 3.23. The van der Waals surface area contributed by atoms with Crippen molar-refractivity contribution in [2.45, 2.75) is 82.0 Å².